The van der Waals surface area contributed by atoms with Crippen molar-refractivity contribution in [2.45, 2.75) is 43.9 Å². The highest BCUT2D eigenvalue weighted by Gasteiger charge is 2.59. The van der Waals surface area contributed by atoms with Crippen molar-refractivity contribution >= 4 is 11.9 Å². The van der Waals surface area contributed by atoms with Crippen LogP contribution in [0.4, 0.5) is 0 Å². The molecular formula is C19H23NO3. The van der Waals surface area contributed by atoms with E-state index in [9.17, 15) is 9.59 Å². The molecule has 4 rings (SSSR count). The summed E-state index contributed by atoms with van der Waals surface area (Å²) in [6.07, 6.45) is 5.99. The molecule has 23 heavy (non-hydrogen) atoms. The van der Waals surface area contributed by atoms with E-state index < -0.39 is 5.41 Å². The molecule has 4 nitrogen and oxygen atoms in total. The summed E-state index contributed by atoms with van der Waals surface area (Å²) in [7, 11) is 1.35. The van der Waals surface area contributed by atoms with Crippen LogP contribution < -0.4 is 5.32 Å². The lowest BCUT2D eigenvalue weighted by Gasteiger charge is -2.27. The van der Waals surface area contributed by atoms with Gasteiger partial charge in [0.25, 0.3) is 0 Å². The third-order valence-corrected chi connectivity index (χ3v) is 6.12. The number of aryl methyl sites for hydroxylation is 1. The van der Waals surface area contributed by atoms with Gasteiger partial charge in [-0.15, -0.1) is 0 Å². The van der Waals surface area contributed by atoms with Gasteiger partial charge < -0.3 is 10.1 Å². The molecule has 122 valence electrons. The highest BCUT2D eigenvalue weighted by atomic mass is 16.5. The van der Waals surface area contributed by atoms with Crippen molar-refractivity contribution in [2.24, 2.45) is 11.3 Å². The average Bonchev–Trinajstić information content (AvgIpc) is 3.49. The van der Waals surface area contributed by atoms with Crippen LogP contribution in [0.5, 0.6) is 0 Å². The number of hydrogen-bond donors (Lipinski definition) is 1. The number of ether oxygens (including phenoxy) is 1. The molecule has 4 heteroatoms. The van der Waals surface area contributed by atoms with E-state index >= 15 is 0 Å². The molecule has 0 saturated heterocycles. The highest BCUT2D eigenvalue weighted by Crippen LogP contribution is 2.60. The predicted octanol–water partition coefficient (Wildman–Crippen LogP) is 2.35. The van der Waals surface area contributed by atoms with Gasteiger partial charge in [-0.2, -0.15) is 0 Å². The molecular weight excluding hydrogens is 290 g/mol. The van der Waals surface area contributed by atoms with Crippen LogP contribution in [0.1, 0.15) is 43.2 Å². The number of amides is 1. The van der Waals surface area contributed by atoms with Gasteiger partial charge in [-0.1, -0.05) is 24.3 Å². The van der Waals surface area contributed by atoms with Crippen molar-refractivity contribution in [3.63, 3.8) is 0 Å². The predicted molar refractivity (Wildman–Crippen MR) is 85.9 cm³/mol. The number of esters is 1. The second-order valence-electron chi connectivity index (χ2n) is 7.35. The van der Waals surface area contributed by atoms with Gasteiger partial charge in [0.2, 0.25) is 5.91 Å². The van der Waals surface area contributed by atoms with Gasteiger partial charge in [0.05, 0.1) is 7.11 Å². The molecule has 0 aromatic heterocycles. The average molecular weight is 313 g/mol. The zero-order valence-electron chi connectivity index (χ0n) is 13.6. The Labute approximate surface area is 136 Å². The molecule has 0 radical (unpaired) electrons. The summed E-state index contributed by atoms with van der Waals surface area (Å²) in [6, 6.07) is 8.73. The van der Waals surface area contributed by atoms with Crippen LogP contribution in [0.15, 0.2) is 24.3 Å². The molecule has 0 unspecified atom stereocenters. The Kier molecular flexibility index (Phi) is 3.26. The number of rotatable bonds is 4. The highest BCUT2D eigenvalue weighted by molar-refractivity contribution is 6.05. The van der Waals surface area contributed by atoms with Crippen LogP contribution in [0.3, 0.4) is 0 Å². The van der Waals surface area contributed by atoms with Crippen molar-refractivity contribution in [3.8, 4) is 0 Å². The Balaban J connectivity index is 1.42. The number of nitrogens with one attached hydrogen (secondary N) is 1. The first-order valence-electron chi connectivity index (χ1n) is 8.57. The molecule has 3 aliphatic carbocycles. The lowest BCUT2D eigenvalue weighted by atomic mass is 9.78. The van der Waals surface area contributed by atoms with Gasteiger partial charge >= 0.3 is 5.97 Å². The minimum absolute atomic E-state index is 0.143. The van der Waals surface area contributed by atoms with E-state index in [1.807, 2.05) is 0 Å². The first kappa shape index (κ1) is 14.7. The first-order valence-corrected chi connectivity index (χ1v) is 8.57. The Morgan fingerprint density at radius 2 is 2.04 bits per heavy atom. The van der Waals surface area contributed by atoms with E-state index in [1.165, 1.54) is 37.5 Å². The van der Waals surface area contributed by atoms with Crippen LogP contribution in [0.25, 0.3) is 0 Å². The minimum Gasteiger partial charge on any atom is -0.468 e. The minimum atomic E-state index is -0.888. The van der Waals surface area contributed by atoms with Gasteiger partial charge in [0.1, 0.15) is 5.41 Å². The van der Waals surface area contributed by atoms with Crippen molar-refractivity contribution in [1.82, 2.24) is 5.32 Å². The smallest absolute Gasteiger partial charge is 0.321 e. The van der Waals surface area contributed by atoms with Crippen LogP contribution in [-0.2, 0) is 26.2 Å². The number of carbonyl (C=O) groups is 2. The maximum Gasteiger partial charge on any atom is 0.321 e. The summed E-state index contributed by atoms with van der Waals surface area (Å²) < 4.78 is 4.78. The van der Waals surface area contributed by atoms with Crippen molar-refractivity contribution in [1.29, 1.82) is 0 Å². The fourth-order valence-corrected chi connectivity index (χ4v) is 4.47. The van der Waals surface area contributed by atoms with Gasteiger partial charge in [-0.3, -0.25) is 9.59 Å². The van der Waals surface area contributed by atoms with Crippen LogP contribution in [-0.4, -0.2) is 25.5 Å². The van der Waals surface area contributed by atoms with Gasteiger partial charge in [-0.25, -0.2) is 0 Å². The fraction of sp³-hybridized carbons (Fsp3) is 0.579. The zero-order chi connectivity index (χ0) is 16.1. The molecule has 0 aliphatic heterocycles. The topological polar surface area (TPSA) is 55.4 Å². The second kappa shape index (κ2) is 5.08. The summed E-state index contributed by atoms with van der Waals surface area (Å²) in [5, 5.41) is 3.03. The largest absolute Gasteiger partial charge is 0.468 e. The summed E-state index contributed by atoms with van der Waals surface area (Å²) in [5.41, 5.74) is 2.34. The third kappa shape index (κ3) is 2.19. The molecule has 1 amide bonds. The molecule has 2 fully saturated rings. The molecule has 1 N–H and O–H groups in total. The number of fused-ring (bicyclic) bond motifs is 2. The van der Waals surface area contributed by atoms with E-state index in [2.05, 4.69) is 29.6 Å². The fourth-order valence-electron chi connectivity index (χ4n) is 4.47. The Morgan fingerprint density at radius 3 is 2.78 bits per heavy atom. The number of hydrogen-bond acceptors (Lipinski definition) is 3. The van der Waals surface area contributed by atoms with Crippen LogP contribution in [0.2, 0.25) is 0 Å². The Morgan fingerprint density at radius 1 is 1.26 bits per heavy atom. The standard InChI is InChI=1S/C19H23NO3/c1-23-17(22)18(9-10-18)16(21)20-12-14-11-19(14)8-4-6-13-5-2-3-7-15(13)19/h2-3,5,7,14H,4,6,8-12H2,1H3,(H,20,21)/t14-,19-/m1/s1. The maximum atomic E-state index is 12.4. The number of methoxy groups -OCH3 is 1. The molecule has 1 aromatic carbocycles. The maximum absolute atomic E-state index is 12.4. The lowest BCUT2D eigenvalue weighted by Crippen LogP contribution is -2.39. The number of carbonyl (C=O) groups excluding carboxylic acids is 2. The molecule has 3 aliphatic rings. The SMILES string of the molecule is COC(=O)C1(C(=O)NC[C@H]2C[C@]23CCCc2ccccc23)CC1. The third-order valence-electron chi connectivity index (χ3n) is 6.12. The molecule has 0 bridgehead atoms. The summed E-state index contributed by atoms with van der Waals surface area (Å²) in [4.78, 5) is 24.1. The van der Waals surface area contributed by atoms with E-state index in [-0.39, 0.29) is 17.3 Å². The summed E-state index contributed by atoms with van der Waals surface area (Å²) >= 11 is 0. The van der Waals surface area contributed by atoms with E-state index in [0.29, 0.717) is 25.3 Å². The van der Waals surface area contributed by atoms with E-state index in [4.69, 9.17) is 4.74 Å². The van der Waals surface area contributed by atoms with Crippen molar-refractivity contribution in [2.75, 3.05) is 13.7 Å². The van der Waals surface area contributed by atoms with Crippen molar-refractivity contribution in [3.05, 3.63) is 35.4 Å². The monoisotopic (exact) mass is 313 g/mol. The second-order valence-corrected chi connectivity index (χ2v) is 7.35. The molecule has 2 saturated carbocycles. The van der Waals surface area contributed by atoms with Crippen LogP contribution in [0, 0.1) is 11.3 Å². The first-order chi connectivity index (χ1) is 11.1. The normalized spacial score (nSPS) is 29.5. The molecule has 1 spiro atoms. The zero-order valence-corrected chi connectivity index (χ0v) is 13.6. The van der Waals surface area contributed by atoms with Crippen molar-refractivity contribution < 1.29 is 14.3 Å². The molecule has 2 atom stereocenters. The van der Waals surface area contributed by atoms with E-state index in [0.717, 1.165) is 6.42 Å². The molecule has 0 heterocycles. The van der Waals surface area contributed by atoms with Gasteiger partial charge in [0.15, 0.2) is 0 Å². The van der Waals surface area contributed by atoms with E-state index in [1.54, 1.807) is 0 Å². The van der Waals surface area contributed by atoms with Crippen LogP contribution >= 0.6 is 0 Å². The quantitative estimate of drug-likeness (QED) is 0.686. The Bertz CT molecular complexity index is 664. The molecule has 1 aromatic rings. The lowest BCUT2D eigenvalue weighted by molar-refractivity contribution is -0.152. The van der Waals surface area contributed by atoms with Gasteiger partial charge in [-0.05, 0) is 55.6 Å². The summed E-state index contributed by atoms with van der Waals surface area (Å²) in [6.45, 7) is 0.673. The summed E-state index contributed by atoms with van der Waals surface area (Å²) in [5.74, 6) is -0.0274. The Hall–Kier alpha value is -1.84. The number of benzene rings is 1. The van der Waals surface area contributed by atoms with Gasteiger partial charge in [0, 0.05) is 12.0 Å².